The van der Waals surface area contributed by atoms with Crippen LogP contribution in [-0.4, -0.2) is 51.4 Å². The van der Waals surface area contributed by atoms with Crippen LogP contribution in [0.1, 0.15) is 49.0 Å². The van der Waals surface area contributed by atoms with Crippen LogP contribution in [0.3, 0.4) is 0 Å². The molecule has 4 aromatic rings. The molecular weight excluding hydrogens is 578 g/mol. The molecule has 226 valence electrons. The lowest BCUT2D eigenvalue weighted by Gasteiger charge is -2.31. The third-order valence-corrected chi connectivity index (χ3v) is 7.70. The first kappa shape index (κ1) is 31.6. The molecule has 10 nitrogen and oxygen atoms in total. The van der Waals surface area contributed by atoms with Gasteiger partial charge in [-0.2, -0.15) is 0 Å². The molecule has 0 aliphatic rings. The fourth-order valence-corrected chi connectivity index (χ4v) is 5.40. The number of hydrogen-bond donors (Lipinski definition) is 4. The van der Waals surface area contributed by atoms with Crippen LogP contribution in [0, 0.1) is 6.92 Å². The summed E-state index contributed by atoms with van der Waals surface area (Å²) in [5, 5.41) is 14.8. The molecule has 0 saturated carbocycles. The van der Waals surface area contributed by atoms with Crippen molar-refractivity contribution in [1.29, 1.82) is 0 Å². The average molecular weight is 612 g/mol. The van der Waals surface area contributed by atoms with Gasteiger partial charge in [-0.3, -0.25) is 25.2 Å². The summed E-state index contributed by atoms with van der Waals surface area (Å²) in [5.74, 6) is -1.72. The van der Waals surface area contributed by atoms with E-state index >= 15 is 0 Å². The Hall–Kier alpha value is -5.29. The number of hydrazine groups is 1. The van der Waals surface area contributed by atoms with E-state index in [9.17, 15) is 24.3 Å². The van der Waals surface area contributed by atoms with Gasteiger partial charge in [0.25, 0.3) is 17.7 Å². The Balaban J connectivity index is 1.50. The Bertz CT molecular complexity index is 1640. The Morgan fingerprint density at radius 3 is 2.27 bits per heavy atom. The fourth-order valence-electron chi connectivity index (χ4n) is 4.58. The molecular formula is C33H33N5O5S. The minimum absolute atomic E-state index is 0.000262. The maximum Gasteiger partial charge on any atom is 0.405 e. The summed E-state index contributed by atoms with van der Waals surface area (Å²) in [5.41, 5.74) is 6.04. The van der Waals surface area contributed by atoms with Gasteiger partial charge >= 0.3 is 6.09 Å². The lowest BCUT2D eigenvalue weighted by molar-refractivity contribution is -0.128. The standard InChI is InChI=1S/C33H33N5O5S/c1-23-22-44-28(34-23)21-38(2)30(40)27-17-9-16-26(19-27)29(39)36-37-31(41)33(35-32(42)43,20-25-13-7-4-8-14-25)18-10-15-24-11-5-3-6-12-24/h3-17,19,22,35H,18,20-21H2,1-2H3,(H,36,39)(H,37,41)(H,42,43)/b15-10+. The number of carbonyl (C=O) groups excluding carboxylic acids is 3. The van der Waals surface area contributed by atoms with E-state index in [4.69, 9.17) is 0 Å². The van der Waals surface area contributed by atoms with Gasteiger partial charge in [0, 0.05) is 35.7 Å². The van der Waals surface area contributed by atoms with Crippen LogP contribution >= 0.6 is 11.3 Å². The molecule has 44 heavy (non-hydrogen) atoms. The number of benzene rings is 3. The first-order valence-electron chi connectivity index (χ1n) is 13.8. The van der Waals surface area contributed by atoms with Gasteiger partial charge in [0.2, 0.25) is 0 Å². The van der Waals surface area contributed by atoms with Crippen molar-refractivity contribution in [3.8, 4) is 0 Å². The van der Waals surface area contributed by atoms with Gasteiger partial charge in [0.15, 0.2) is 0 Å². The molecule has 0 aliphatic carbocycles. The van der Waals surface area contributed by atoms with E-state index in [2.05, 4.69) is 21.2 Å². The highest BCUT2D eigenvalue weighted by molar-refractivity contribution is 7.09. The highest BCUT2D eigenvalue weighted by atomic mass is 32.1. The molecule has 1 aromatic heterocycles. The van der Waals surface area contributed by atoms with Crippen molar-refractivity contribution in [2.45, 2.75) is 31.8 Å². The molecule has 4 N–H and O–H groups in total. The largest absolute Gasteiger partial charge is 0.465 e. The number of rotatable bonds is 11. The number of aromatic nitrogens is 1. The molecule has 4 rings (SSSR count). The van der Waals surface area contributed by atoms with E-state index in [0.29, 0.717) is 6.54 Å². The fraction of sp³-hybridized carbons (Fsp3) is 0.182. The summed E-state index contributed by atoms with van der Waals surface area (Å²) in [6, 6.07) is 24.5. The molecule has 0 saturated heterocycles. The number of carboxylic acid groups (broad SMARTS) is 1. The molecule has 3 aromatic carbocycles. The first-order valence-corrected chi connectivity index (χ1v) is 14.7. The maximum absolute atomic E-state index is 13.7. The number of hydrogen-bond acceptors (Lipinski definition) is 6. The van der Waals surface area contributed by atoms with Crippen molar-refractivity contribution in [2.75, 3.05) is 7.05 Å². The zero-order valence-electron chi connectivity index (χ0n) is 24.3. The van der Waals surface area contributed by atoms with Gasteiger partial charge in [-0.25, -0.2) is 9.78 Å². The molecule has 1 atom stereocenters. The monoisotopic (exact) mass is 611 g/mol. The van der Waals surface area contributed by atoms with Crippen LogP contribution in [0.25, 0.3) is 6.08 Å². The minimum Gasteiger partial charge on any atom is -0.465 e. The normalized spacial score (nSPS) is 12.2. The van der Waals surface area contributed by atoms with Crippen molar-refractivity contribution in [2.24, 2.45) is 0 Å². The zero-order chi connectivity index (χ0) is 31.5. The van der Waals surface area contributed by atoms with E-state index in [1.165, 1.54) is 28.4 Å². The van der Waals surface area contributed by atoms with Gasteiger partial charge in [0.1, 0.15) is 10.5 Å². The maximum atomic E-state index is 13.7. The second-order valence-electron chi connectivity index (χ2n) is 10.2. The lowest BCUT2D eigenvalue weighted by atomic mass is 9.86. The predicted octanol–water partition coefficient (Wildman–Crippen LogP) is 4.84. The molecule has 0 bridgehead atoms. The second-order valence-corrected chi connectivity index (χ2v) is 11.2. The Kier molecular flexibility index (Phi) is 10.6. The summed E-state index contributed by atoms with van der Waals surface area (Å²) >= 11 is 1.46. The van der Waals surface area contributed by atoms with E-state index in [-0.39, 0.29) is 29.9 Å². The molecule has 0 spiro atoms. The number of aryl methyl sites for hydroxylation is 1. The van der Waals surface area contributed by atoms with E-state index < -0.39 is 23.4 Å². The molecule has 0 aliphatic heterocycles. The summed E-state index contributed by atoms with van der Waals surface area (Å²) in [6.07, 6.45) is 2.15. The molecule has 11 heteroatoms. The van der Waals surface area contributed by atoms with Crippen molar-refractivity contribution in [1.82, 2.24) is 26.1 Å². The van der Waals surface area contributed by atoms with Gasteiger partial charge < -0.3 is 15.3 Å². The summed E-state index contributed by atoms with van der Waals surface area (Å²) in [4.78, 5) is 57.6. The summed E-state index contributed by atoms with van der Waals surface area (Å²) in [7, 11) is 1.65. The highest BCUT2D eigenvalue weighted by Gasteiger charge is 2.39. The van der Waals surface area contributed by atoms with Crippen molar-refractivity contribution >= 4 is 41.2 Å². The van der Waals surface area contributed by atoms with E-state index in [1.807, 2.05) is 48.7 Å². The third-order valence-electron chi connectivity index (χ3n) is 6.75. The number of thiazole rings is 1. The van der Waals surface area contributed by atoms with Crippen LogP contribution in [0.15, 0.2) is 96.4 Å². The van der Waals surface area contributed by atoms with E-state index in [0.717, 1.165) is 21.8 Å². The SMILES string of the molecule is Cc1csc(CN(C)C(=O)c2cccc(C(=O)NNC(=O)C(C/C=C/c3ccccc3)(Cc3ccccc3)NC(=O)O)c2)n1. The van der Waals surface area contributed by atoms with Gasteiger partial charge in [-0.15, -0.1) is 11.3 Å². The van der Waals surface area contributed by atoms with Crippen molar-refractivity contribution in [3.63, 3.8) is 0 Å². The Labute approximate surface area is 259 Å². The van der Waals surface area contributed by atoms with Crippen molar-refractivity contribution < 1.29 is 24.3 Å². The highest BCUT2D eigenvalue weighted by Crippen LogP contribution is 2.21. The zero-order valence-corrected chi connectivity index (χ0v) is 25.1. The van der Waals surface area contributed by atoms with Crippen molar-refractivity contribution in [3.05, 3.63) is 129 Å². The summed E-state index contributed by atoms with van der Waals surface area (Å²) < 4.78 is 0. The molecule has 0 fully saturated rings. The van der Waals surface area contributed by atoms with Gasteiger partial charge in [-0.1, -0.05) is 78.9 Å². The van der Waals surface area contributed by atoms with Gasteiger partial charge in [0.05, 0.1) is 6.54 Å². The van der Waals surface area contributed by atoms with E-state index in [1.54, 1.807) is 55.6 Å². The smallest absolute Gasteiger partial charge is 0.405 e. The number of carbonyl (C=O) groups is 4. The molecule has 1 unspecified atom stereocenters. The second kappa shape index (κ2) is 14.7. The first-order chi connectivity index (χ1) is 21.1. The number of amides is 4. The lowest BCUT2D eigenvalue weighted by Crippen LogP contribution is -2.62. The van der Waals surface area contributed by atoms with Crippen LogP contribution in [0.5, 0.6) is 0 Å². The molecule has 1 heterocycles. The van der Waals surface area contributed by atoms with Crippen LogP contribution < -0.4 is 16.2 Å². The summed E-state index contributed by atoms with van der Waals surface area (Å²) in [6.45, 7) is 2.20. The number of nitrogens with zero attached hydrogens (tertiary/aromatic N) is 2. The topological polar surface area (TPSA) is 141 Å². The Morgan fingerprint density at radius 2 is 1.61 bits per heavy atom. The van der Waals surface area contributed by atoms with Gasteiger partial charge in [-0.05, 0) is 42.7 Å². The molecule has 4 amide bonds. The van der Waals surface area contributed by atoms with Crippen LogP contribution in [0.4, 0.5) is 4.79 Å². The third kappa shape index (κ3) is 8.62. The van der Waals surface area contributed by atoms with Crippen LogP contribution in [0.2, 0.25) is 0 Å². The minimum atomic E-state index is -1.65. The van der Waals surface area contributed by atoms with Crippen LogP contribution in [-0.2, 0) is 17.8 Å². The number of nitrogens with one attached hydrogen (secondary N) is 3. The Morgan fingerprint density at radius 1 is 0.932 bits per heavy atom. The quantitative estimate of drug-likeness (QED) is 0.179. The average Bonchev–Trinajstić information content (AvgIpc) is 3.43. The predicted molar refractivity (Wildman–Crippen MR) is 169 cm³/mol. The molecule has 0 radical (unpaired) electrons.